The second-order valence-corrected chi connectivity index (χ2v) is 6.20. The van der Waals surface area contributed by atoms with Crippen LogP contribution in [0.15, 0.2) is 61.7 Å². The van der Waals surface area contributed by atoms with Crippen molar-refractivity contribution in [1.82, 2.24) is 29.5 Å². The Labute approximate surface area is 160 Å². The number of fused-ring (bicyclic) bond motifs is 1. The molecule has 0 aliphatic rings. The fraction of sp³-hybridized carbons (Fsp3) is 0.105. The zero-order chi connectivity index (χ0) is 19.5. The standard InChI is InChI=1S/C19H18N8O/c1-3-17(28)23-15-6-4-5-13(7-15)11-27-18-14(9-22-27)8-20-19(25-18)24-16-10-21-26(2)12-16/h3-10,12H,1,11H2,2H3,(H,23,28)(H,20,24,25). The Morgan fingerprint density at radius 1 is 1.21 bits per heavy atom. The number of nitrogens with one attached hydrogen (secondary N) is 2. The van der Waals surface area contributed by atoms with Gasteiger partial charge in [0.05, 0.1) is 30.0 Å². The second kappa shape index (κ2) is 7.31. The third-order valence-corrected chi connectivity index (χ3v) is 4.05. The van der Waals surface area contributed by atoms with Gasteiger partial charge in [0, 0.05) is 25.1 Å². The molecule has 0 fully saturated rings. The van der Waals surface area contributed by atoms with E-state index in [0.29, 0.717) is 23.8 Å². The van der Waals surface area contributed by atoms with E-state index in [2.05, 4.69) is 37.4 Å². The number of hydrogen-bond donors (Lipinski definition) is 2. The van der Waals surface area contributed by atoms with Crippen molar-refractivity contribution < 1.29 is 4.79 Å². The van der Waals surface area contributed by atoms with Gasteiger partial charge < -0.3 is 10.6 Å². The number of carbonyl (C=O) groups excluding carboxylic acids is 1. The lowest BCUT2D eigenvalue weighted by atomic mass is 10.2. The third kappa shape index (κ3) is 3.73. The molecule has 4 aromatic rings. The van der Waals surface area contributed by atoms with E-state index >= 15 is 0 Å². The van der Waals surface area contributed by atoms with Gasteiger partial charge in [-0.1, -0.05) is 18.7 Å². The van der Waals surface area contributed by atoms with Crippen LogP contribution in [0.1, 0.15) is 5.56 Å². The van der Waals surface area contributed by atoms with E-state index in [4.69, 9.17) is 0 Å². The molecule has 0 atom stereocenters. The van der Waals surface area contributed by atoms with Crippen LogP contribution in [0.25, 0.3) is 11.0 Å². The number of aryl methyl sites for hydroxylation is 1. The predicted molar refractivity (Wildman–Crippen MR) is 106 cm³/mol. The number of aromatic nitrogens is 6. The molecule has 140 valence electrons. The molecule has 0 spiro atoms. The SMILES string of the molecule is C=CC(=O)Nc1cccc(Cn2ncc3cnc(Nc4cnn(C)c4)nc32)c1. The summed E-state index contributed by atoms with van der Waals surface area (Å²) in [6.07, 6.45) is 8.24. The van der Waals surface area contributed by atoms with Crippen molar-refractivity contribution in [2.24, 2.45) is 7.05 Å². The molecule has 0 radical (unpaired) electrons. The summed E-state index contributed by atoms with van der Waals surface area (Å²) in [6.45, 7) is 3.97. The van der Waals surface area contributed by atoms with Crippen molar-refractivity contribution in [2.75, 3.05) is 10.6 Å². The van der Waals surface area contributed by atoms with Crippen molar-refractivity contribution in [2.45, 2.75) is 6.54 Å². The molecule has 9 nitrogen and oxygen atoms in total. The monoisotopic (exact) mass is 374 g/mol. The highest BCUT2D eigenvalue weighted by molar-refractivity contribution is 5.98. The Morgan fingerprint density at radius 2 is 2.11 bits per heavy atom. The molecule has 28 heavy (non-hydrogen) atoms. The van der Waals surface area contributed by atoms with Gasteiger partial charge in [0.25, 0.3) is 0 Å². The van der Waals surface area contributed by atoms with Crippen LogP contribution >= 0.6 is 0 Å². The third-order valence-electron chi connectivity index (χ3n) is 4.05. The smallest absolute Gasteiger partial charge is 0.247 e. The summed E-state index contributed by atoms with van der Waals surface area (Å²) in [6, 6.07) is 7.56. The van der Waals surface area contributed by atoms with Gasteiger partial charge in [-0.05, 0) is 23.8 Å². The Bertz CT molecular complexity index is 1160. The summed E-state index contributed by atoms with van der Waals surface area (Å²) in [5.74, 6) is 0.217. The number of anilines is 3. The first-order chi connectivity index (χ1) is 13.6. The van der Waals surface area contributed by atoms with Crippen LogP contribution in [0.5, 0.6) is 0 Å². The maximum Gasteiger partial charge on any atom is 0.247 e. The lowest BCUT2D eigenvalue weighted by molar-refractivity contribution is -0.111. The average molecular weight is 374 g/mol. The van der Waals surface area contributed by atoms with Crippen molar-refractivity contribution in [3.8, 4) is 0 Å². The highest BCUT2D eigenvalue weighted by atomic mass is 16.1. The van der Waals surface area contributed by atoms with Gasteiger partial charge in [-0.2, -0.15) is 15.2 Å². The Balaban J connectivity index is 1.58. The number of carbonyl (C=O) groups is 1. The van der Waals surface area contributed by atoms with E-state index in [9.17, 15) is 4.79 Å². The van der Waals surface area contributed by atoms with Crippen LogP contribution in [-0.2, 0) is 18.4 Å². The molecule has 0 saturated heterocycles. The van der Waals surface area contributed by atoms with Gasteiger partial charge in [0.2, 0.25) is 11.9 Å². The van der Waals surface area contributed by atoms with E-state index < -0.39 is 0 Å². The number of rotatable bonds is 6. The van der Waals surface area contributed by atoms with Crippen LogP contribution < -0.4 is 10.6 Å². The summed E-state index contributed by atoms with van der Waals surface area (Å²) in [5.41, 5.74) is 3.19. The molecule has 2 N–H and O–H groups in total. The molecule has 1 aromatic carbocycles. The Kier molecular flexibility index (Phi) is 4.55. The molecule has 9 heteroatoms. The number of amides is 1. The largest absolute Gasteiger partial charge is 0.323 e. The molecule has 4 rings (SSSR count). The lowest BCUT2D eigenvalue weighted by Gasteiger charge is -2.07. The van der Waals surface area contributed by atoms with Gasteiger partial charge in [0.1, 0.15) is 0 Å². The molecule has 0 aliphatic heterocycles. The van der Waals surface area contributed by atoms with Crippen LogP contribution in [0.4, 0.5) is 17.3 Å². The molecule has 0 bridgehead atoms. The molecule has 0 aliphatic carbocycles. The Morgan fingerprint density at radius 3 is 2.89 bits per heavy atom. The van der Waals surface area contributed by atoms with Gasteiger partial charge in [0.15, 0.2) is 5.65 Å². The summed E-state index contributed by atoms with van der Waals surface area (Å²) in [7, 11) is 1.84. The number of nitrogens with zero attached hydrogens (tertiary/aromatic N) is 6. The maximum absolute atomic E-state index is 11.5. The van der Waals surface area contributed by atoms with E-state index in [1.165, 1.54) is 6.08 Å². The summed E-state index contributed by atoms with van der Waals surface area (Å²) < 4.78 is 3.49. The van der Waals surface area contributed by atoms with Crippen molar-refractivity contribution >= 4 is 34.3 Å². The topological polar surface area (TPSA) is 103 Å². The first-order valence-corrected chi connectivity index (χ1v) is 8.57. The van der Waals surface area contributed by atoms with Crippen LogP contribution in [0.2, 0.25) is 0 Å². The zero-order valence-corrected chi connectivity index (χ0v) is 15.2. The van der Waals surface area contributed by atoms with Crippen LogP contribution in [0.3, 0.4) is 0 Å². The summed E-state index contributed by atoms with van der Waals surface area (Å²) in [4.78, 5) is 20.4. The molecule has 0 unspecified atom stereocenters. The minimum atomic E-state index is -0.249. The number of benzene rings is 1. The molecule has 1 amide bonds. The predicted octanol–water partition coefficient (Wildman–Crippen LogP) is 2.48. The molecular formula is C19H18N8O. The van der Waals surface area contributed by atoms with E-state index in [-0.39, 0.29) is 5.91 Å². The first-order valence-electron chi connectivity index (χ1n) is 8.57. The maximum atomic E-state index is 11.5. The average Bonchev–Trinajstić information content (AvgIpc) is 3.28. The minimum Gasteiger partial charge on any atom is -0.323 e. The van der Waals surface area contributed by atoms with Crippen LogP contribution in [0, 0.1) is 0 Å². The fourth-order valence-corrected chi connectivity index (χ4v) is 2.77. The fourth-order valence-electron chi connectivity index (χ4n) is 2.77. The highest BCUT2D eigenvalue weighted by Crippen LogP contribution is 2.18. The lowest BCUT2D eigenvalue weighted by Crippen LogP contribution is -2.08. The summed E-state index contributed by atoms with van der Waals surface area (Å²) >= 11 is 0. The highest BCUT2D eigenvalue weighted by Gasteiger charge is 2.09. The number of hydrogen-bond acceptors (Lipinski definition) is 6. The summed E-state index contributed by atoms with van der Waals surface area (Å²) in [5, 5.41) is 15.3. The van der Waals surface area contributed by atoms with E-state index in [1.54, 1.807) is 28.0 Å². The Hall–Kier alpha value is -4.01. The molecule has 3 aromatic heterocycles. The second-order valence-electron chi connectivity index (χ2n) is 6.20. The molecule has 0 saturated carbocycles. The van der Waals surface area contributed by atoms with E-state index in [0.717, 1.165) is 16.6 Å². The van der Waals surface area contributed by atoms with Gasteiger partial charge in [-0.25, -0.2) is 9.67 Å². The zero-order valence-electron chi connectivity index (χ0n) is 15.2. The normalized spacial score (nSPS) is 10.8. The van der Waals surface area contributed by atoms with Crippen molar-refractivity contribution in [3.05, 3.63) is 67.3 Å². The van der Waals surface area contributed by atoms with Crippen molar-refractivity contribution in [1.29, 1.82) is 0 Å². The van der Waals surface area contributed by atoms with Gasteiger partial charge in [-0.3, -0.25) is 9.48 Å². The first kappa shape index (κ1) is 17.4. The quantitative estimate of drug-likeness (QED) is 0.503. The van der Waals surface area contributed by atoms with Crippen molar-refractivity contribution in [3.63, 3.8) is 0 Å². The van der Waals surface area contributed by atoms with Crippen LogP contribution in [-0.4, -0.2) is 35.4 Å². The van der Waals surface area contributed by atoms with Gasteiger partial charge in [-0.15, -0.1) is 0 Å². The van der Waals surface area contributed by atoms with Gasteiger partial charge >= 0.3 is 0 Å². The minimum absolute atomic E-state index is 0.249. The molecular weight excluding hydrogens is 356 g/mol. The van der Waals surface area contributed by atoms with E-state index in [1.807, 2.05) is 37.5 Å². The molecule has 3 heterocycles.